The maximum atomic E-state index is 12.4. The summed E-state index contributed by atoms with van der Waals surface area (Å²) in [7, 11) is 1.62. The topological polar surface area (TPSA) is 72.6 Å². The minimum atomic E-state index is -0.342. The van der Waals surface area contributed by atoms with E-state index >= 15 is 0 Å². The molecule has 1 atom stereocenters. The maximum absolute atomic E-state index is 12.4. The molecular weight excluding hydrogens is 300 g/mol. The van der Waals surface area contributed by atoms with E-state index in [9.17, 15) is 9.59 Å². The standard InChI is InChI=1S/C16H22N2O3S/c1-21-13-6-4-7-14(10-13)22-11-16(20)18-8-3-2-5-12(18)9-15(17)19/h4,6-7,10,12H,2-3,5,8-9,11H2,1H3,(H2,17,19)/t12-/m1/s1. The van der Waals surface area contributed by atoms with Crippen LogP contribution in [0, 0.1) is 0 Å². The molecule has 6 heteroatoms. The van der Waals surface area contributed by atoms with Crippen molar-refractivity contribution in [2.75, 3.05) is 19.4 Å². The number of amides is 2. The summed E-state index contributed by atoms with van der Waals surface area (Å²) in [4.78, 5) is 26.4. The van der Waals surface area contributed by atoms with Crippen molar-refractivity contribution in [3.63, 3.8) is 0 Å². The lowest BCUT2D eigenvalue weighted by Crippen LogP contribution is -2.46. The molecule has 0 aliphatic carbocycles. The third-order valence-electron chi connectivity index (χ3n) is 3.79. The van der Waals surface area contributed by atoms with E-state index in [1.807, 2.05) is 29.2 Å². The number of methoxy groups -OCH3 is 1. The van der Waals surface area contributed by atoms with Crippen LogP contribution in [0.15, 0.2) is 29.2 Å². The molecule has 2 amide bonds. The van der Waals surface area contributed by atoms with Gasteiger partial charge in [0.15, 0.2) is 0 Å². The lowest BCUT2D eigenvalue weighted by atomic mass is 9.99. The van der Waals surface area contributed by atoms with Gasteiger partial charge in [0.2, 0.25) is 11.8 Å². The van der Waals surface area contributed by atoms with Crippen molar-refractivity contribution < 1.29 is 14.3 Å². The van der Waals surface area contributed by atoms with E-state index in [0.717, 1.165) is 36.5 Å². The van der Waals surface area contributed by atoms with Gasteiger partial charge in [-0.2, -0.15) is 0 Å². The van der Waals surface area contributed by atoms with Crippen molar-refractivity contribution in [3.05, 3.63) is 24.3 Å². The SMILES string of the molecule is COc1cccc(SCC(=O)N2CCCC[C@@H]2CC(N)=O)c1. The molecule has 0 unspecified atom stereocenters. The molecule has 2 rings (SSSR count). The van der Waals surface area contributed by atoms with Crippen molar-refractivity contribution >= 4 is 23.6 Å². The third-order valence-corrected chi connectivity index (χ3v) is 4.77. The number of primary amides is 1. The van der Waals surface area contributed by atoms with Crippen LogP contribution in [0.2, 0.25) is 0 Å². The Kier molecular flexibility index (Phi) is 6.12. The van der Waals surface area contributed by atoms with E-state index in [4.69, 9.17) is 10.5 Å². The number of piperidine rings is 1. The van der Waals surface area contributed by atoms with E-state index in [0.29, 0.717) is 5.75 Å². The predicted molar refractivity (Wildman–Crippen MR) is 86.9 cm³/mol. The zero-order valence-corrected chi connectivity index (χ0v) is 13.6. The molecule has 0 radical (unpaired) electrons. The van der Waals surface area contributed by atoms with Gasteiger partial charge in [-0.3, -0.25) is 9.59 Å². The number of nitrogens with two attached hydrogens (primary N) is 1. The zero-order chi connectivity index (χ0) is 15.9. The second-order valence-electron chi connectivity index (χ2n) is 5.37. The molecule has 1 heterocycles. The quantitative estimate of drug-likeness (QED) is 0.814. The van der Waals surface area contributed by atoms with Gasteiger partial charge in [0, 0.05) is 23.9 Å². The molecule has 1 fully saturated rings. The molecule has 1 aliphatic rings. The van der Waals surface area contributed by atoms with E-state index in [1.165, 1.54) is 11.8 Å². The van der Waals surface area contributed by atoms with Crippen molar-refractivity contribution in [3.8, 4) is 5.75 Å². The van der Waals surface area contributed by atoms with Gasteiger partial charge in [-0.05, 0) is 37.5 Å². The number of benzene rings is 1. The molecule has 120 valence electrons. The van der Waals surface area contributed by atoms with Gasteiger partial charge in [0.05, 0.1) is 12.9 Å². The Morgan fingerprint density at radius 3 is 2.95 bits per heavy atom. The van der Waals surface area contributed by atoms with Crippen molar-refractivity contribution in [1.29, 1.82) is 0 Å². The van der Waals surface area contributed by atoms with Gasteiger partial charge in [0.25, 0.3) is 0 Å². The highest BCUT2D eigenvalue weighted by Crippen LogP contribution is 2.25. The normalized spacial score (nSPS) is 18.0. The van der Waals surface area contributed by atoms with Gasteiger partial charge in [-0.25, -0.2) is 0 Å². The summed E-state index contributed by atoms with van der Waals surface area (Å²) >= 11 is 1.49. The largest absolute Gasteiger partial charge is 0.497 e. The summed E-state index contributed by atoms with van der Waals surface area (Å²) in [6.45, 7) is 0.718. The molecule has 5 nitrogen and oxygen atoms in total. The first-order valence-corrected chi connectivity index (χ1v) is 8.43. The lowest BCUT2D eigenvalue weighted by Gasteiger charge is -2.35. The molecule has 0 saturated carbocycles. The summed E-state index contributed by atoms with van der Waals surface area (Å²) in [5.74, 6) is 0.869. The Morgan fingerprint density at radius 1 is 1.41 bits per heavy atom. The number of hydrogen-bond donors (Lipinski definition) is 1. The van der Waals surface area contributed by atoms with Crippen LogP contribution in [-0.2, 0) is 9.59 Å². The number of carbonyl (C=O) groups is 2. The van der Waals surface area contributed by atoms with Crippen LogP contribution in [0.3, 0.4) is 0 Å². The first kappa shape index (κ1) is 16.7. The van der Waals surface area contributed by atoms with E-state index in [1.54, 1.807) is 7.11 Å². The van der Waals surface area contributed by atoms with Crippen LogP contribution in [0.1, 0.15) is 25.7 Å². The average Bonchev–Trinajstić information content (AvgIpc) is 2.53. The number of carbonyl (C=O) groups excluding carboxylic acids is 2. The number of rotatable bonds is 6. The van der Waals surface area contributed by atoms with Crippen molar-refractivity contribution in [2.45, 2.75) is 36.6 Å². The monoisotopic (exact) mass is 322 g/mol. The van der Waals surface area contributed by atoms with E-state index in [-0.39, 0.29) is 24.3 Å². The molecule has 2 N–H and O–H groups in total. The highest BCUT2D eigenvalue weighted by Gasteiger charge is 2.27. The predicted octanol–water partition coefficient (Wildman–Crippen LogP) is 2.04. The summed E-state index contributed by atoms with van der Waals surface area (Å²) in [6, 6.07) is 7.61. The van der Waals surface area contributed by atoms with Crippen LogP contribution in [0.4, 0.5) is 0 Å². The minimum Gasteiger partial charge on any atom is -0.497 e. The number of nitrogens with zero attached hydrogens (tertiary/aromatic N) is 1. The molecule has 0 spiro atoms. The van der Waals surface area contributed by atoms with Crippen LogP contribution >= 0.6 is 11.8 Å². The lowest BCUT2D eigenvalue weighted by molar-refractivity contribution is -0.133. The van der Waals surface area contributed by atoms with Gasteiger partial charge in [0.1, 0.15) is 5.75 Å². The molecular formula is C16H22N2O3S. The van der Waals surface area contributed by atoms with Crippen molar-refractivity contribution in [1.82, 2.24) is 4.90 Å². The Labute approximate surface area is 135 Å². The molecule has 1 aliphatic heterocycles. The summed E-state index contributed by atoms with van der Waals surface area (Å²) in [5.41, 5.74) is 5.29. The van der Waals surface area contributed by atoms with E-state index < -0.39 is 0 Å². The average molecular weight is 322 g/mol. The van der Waals surface area contributed by atoms with Crippen LogP contribution in [0.5, 0.6) is 5.75 Å². The summed E-state index contributed by atoms with van der Waals surface area (Å²) < 4.78 is 5.18. The van der Waals surface area contributed by atoms with Crippen LogP contribution in [0.25, 0.3) is 0 Å². The maximum Gasteiger partial charge on any atom is 0.233 e. The number of likely N-dealkylation sites (tertiary alicyclic amines) is 1. The molecule has 22 heavy (non-hydrogen) atoms. The second kappa shape index (κ2) is 8.08. The summed E-state index contributed by atoms with van der Waals surface area (Å²) in [5, 5.41) is 0. The Bertz CT molecular complexity index is 536. The number of thioether (sulfide) groups is 1. The number of ether oxygens (including phenoxy) is 1. The Morgan fingerprint density at radius 2 is 2.23 bits per heavy atom. The number of hydrogen-bond acceptors (Lipinski definition) is 4. The molecule has 1 aromatic carbocycles. The van der Waals surface area contributed by atoms with Gasteiger partial charge in [-0.15, -0.1) is 11.8 Å². The summed E-state index contributed by atoms with van der Waals surface area (Å²) in [6.07, 6.45) is 3.16. The zero-order valence-electron chi connectivity index (χ0n) is 12.8. The minimum absolute atomic E-state index is 0.0374. The molecule has 0 bridgehead atoms. The fraction of sp³-hybridized carbons (Fsp3) is 0.500. The second-order valence-corrected chi connectivity index (χ2v) is 6.42. The highest BCUT2D eigenvalue weighted by atomic mass is 32.2. The smallest absolute Gasteiger partial charge is 0.233 e. The fourth-order valence-corrected chi connectivity index (χ4v) is 3.52. The van der Waals surface area contributed by atoms with Crippen molar-refractivity contribution in [2.24, 2.45) is 5.73 Å². The van der Waals surface area contributed by atoms with E-state index in [2.05, 4.69) is 0 Å². The fourth-order valence-electron chi connectivity index (χ4n) is 2.69. The molecule has 1 saturated heterocycles. The van der Waals surface area contributed by atoms with Crippen LogP contribution < -0.4 is 10.5 Å². The highest BCUT2D eigenvalue weighted by molar-refractivity contribution is 8.00. The Hall–Kier alpha value is -1.69. The molecule has 0 aromatic heterocycles. The van der Waals surface area contributed by atoms with Gasteiger partial charge in [-0.1, -0.05) is 6.07 Å². The first-order chi connectivity index (χ1) is 10.6. The van der Waals surface area contributed by atoms with Crippen LogP contribution in [-0.4, -0.2) is 42.2 Å². The Balaban J connectivity index is 1.93. The first-order valence-electron chi connectivity index (χ1n) is 7.45. The van der Waals surface area contributed by atoms with Gasteiger partial charge >= 0.3 is 0 Å². The van der Waals surface area contributed by atoms with Gasteiger partial charge < -0.3 is 15.4 Å². The molecule has 1 aromatic rings. The third kappa shape index (κ3) is 4.66.